The van der Waals surface area contributed by atoms with Crippen LogP contribution in [0.2, 0.25) is 5.02 Å². The van der Waals surface area contributed by atoms with Crippen molar-refractivity contribution in [2.24, 2.45) is 5.92 Å². The van der Waals surface area contributed by atoms with Crippen molar-refractivity contribution in [2.45, 2.75) is 63.6 Å². The van der Waals surface area contributed by atoms with Crippen LogP contribution < -0.4 is 5.32 Å². The van der Waals surface area contributed by atoms with Crippen LogP contribution in [0.4, 0.5) is 9.18 Å². The molecular weight excluding hydrogens is 397 g/mol. The van der Waals surface area contributed by atoms with Gasteiger partial charge in [-0.05, 0) is 43.7 Å². The van der Waals surface area contributed by atoms with Crippen LogP contribution in [-0.2, 0) is 16.1 Å². The molecule has 29 heavy (non-hydrogen) atoms. The fraction of sp³-hybridized carbons (Fsp3) is 0.571. The highest BCUT2D eigenvalue weighted by atomic mass is 35.5. The van der Waals surface area contributed by atoms with Crippen molar-refractivity contribution in [1.82, 2.24) is 15.1 Å². The largest absolute Gasteiger partial charge is 0.334 e. The third-order valence-electron chi connectivity index (χ3n) is 6.49. The Labute approximate surface area is 174 Å². The zero-order chi connectivity index (χ0) is 20.8. The quantitative estimate of drug-likeness (QED) is 0.740. The maximum Gasteiger partial charge on any atom is 0.325 e. The van der Waals surface area contributed by atoms with Gasteiger partial charge in [-0.3, -0.25) is 14.5 Å². The Bertz CT molecular complexity index is 839. The fourth-order valence-corrected chi connectivity index (χ4v) is 4.75. The minimum Gasteiger partial charge on any atom is -0.334 e. The standard InChI is InChI=1S/C21H25ClFN3O3/c1-13-5-2-3-10-21(13)19(28)26(20(29)24-21)12-18(27)25(14-8-9-14)11-15-16(22)6-4-7-17(15)23/h4,6-7,13-14H,2-3,5,8-12H2,1H3,(H,24,29). The summed E-state index contributed by atoms with van der Waals surface area (Å²) in [5.41, 5.74) is -0.640. The lowest BCUT2D eigenvalue weighted by molar-refractivity contribution is -0.141. The van der Waals surface area contributed by atoms with Gasteiger partial charge in [0, 0.05) is 16.6 Å². The molecule has 3 aliphatic rings. The molecule has 1 aromatic rings. The number of nitrogens with one attached hydrogen (secondary N) is 1. The molecule has 1 aliphatic heterocycles. The molecule has 6 nitrogen and oxygen atoms in total. The fourth-order valence-electron chi connectivity index (χ4n) is 4.53. The summed E-state index contributed by atoms with van der Waals surface area (Å²) >= 11 is 6.13. The van der Waals surface area contributed by atoms with Crippen LogP contribution in [0.15, 0.2) is 18.2 Å². The van der Waals surface area contributed by atoms with E-state index in [0.29, 0.717) is 6.42 Å². The van der Waals surface area contributed by atoms with E-state index in [-0.39, 0.29) is 47.4 Å². The second-order valence-electron chi connectivity index (χ2n) is 8.39. The number of hydrogen-bond acceptors (Lipinski definition) is 3. The lowest BCUT2D eigenvalue weighted by Crippen LogP contribution is -2.54. The number of halogens is 2. The van der Waals surface area contributed by atoms with Gasteiger partial charge in [0.15, 0.2) is 0 Å². The molecular formula is C21H25ClFN3O3. The van der Waals surface area contributed by atoms with Crippen LogP contribution >= 0.6 is 11.6 Å². The Balaban J connectivity index is 1.51. The van der Waals surface area contributed by atoms with Crippen molar-refractivity contribution in [3.63, 3.8) is 0 Å². The van der Waals surface area contributed by atoms with Crippen LogP contribution in [-0.4, -0.2) is 45.8 Å². The zero-order valence-corrected chi connectivity index (χ0v) is 17.2. The molecule has 2 saturated carbocycles. The van der Waals surface area contributed by atoms with Gasteiger partial charge >= 0.3 is 6.03 Å². The zero-order valence-electron chi connectivity index (χ0n) is 16.4. The topological polar surface area (TPSA) is 69.7 Å². The summed E-state index contributed by atoms with van der Waals surface area (Å²) in [6.07, 6.45) is 5.01. The molecule has 4 rings (SSSR count). The molecule has 1 heterocycles. The molecule has 0 radical (unpaired) electrons. The Morgan fingerprint density at radius 3 is 2.72 bits per heavy atom. The summed E-state index contributed by atoms with van der Waals surface area (Å²) in [4.78, 5) is 41.3. The first kappa shape index (κ1) is 20.1. The first-order valence-corrected chi connectivity index (χ1v) is 10.6. The van der Waals surface area contributed by atoms with Gasteiger partial charge in [-0.15, -0.1) is 0 Å². The number of nitrogens with zero attached hydrogens (tertiary/aromatic N) is 2. The van der Waals surface area contributed by atoms with Gasteiger partial charge in [0.05, 0.1) is 6.54 Å². The summed E-state index contributed by atoms with van der Waals surface area (Å²) in [5.74, 6) is -1.12. The smallest absolute Gasteiger partial charge is 0.325 e. The molecule has 0 aromatic heterocycles. The van der Waals surface area contributed by atoms with Crippen LogP contribution in [0.5, 0.6) is 0 Å². The molecule has 1 N–H and O–H groups in total. The van der Waals surface area contributed by atoms with Gasteiger partial charge in [-0.1, -0.05) is 37.4 Å². The molecule has 2 aliphatic carbocycles. The molecule has 156 valence electrons. The number of carbonyl (C=O) groups is 3. The Hall–Kier alpha value is -2.15. The maximum atomic E-state index is 14.2. The van der Waals surface area contributed by atoms with Crippen molar-refractivity contribution in [2.75, 3.05) is 6.54 Å². The van der Waals surface area contributed by atoms with E-state index >= 15 is 0 Å². The van der Waals surface area contributed by atoms with E-state index in [1.807, 2.05) is 6.92 Å². The monoisotopic (exact) mass is 421 g/mol. The average molecular weight is 422 g/mol. The molecule has 8 heteroatoms. The molecule has 1 spiro atoms. The van der Waals surface area contributed by atoms with E-state index in [9.17, 15) is 18.8 Å². The predicted molar refractivity (Wildman–Crippen MR) is 106 cm³/mol. The van der Waals surface area contributed by atoms with Crippen LogP contribution in [0, 0.1) is 11.7 Å². The highest BCUT2D eigenvalue weighted by Gasteiger charge is 2.55. The third kappa shape index (κ3) is 3.61. The number of urea groups is 1. The van der Waals surface area contributed by atoms with E-state index in [1.165, 1.54) is 12.1 Å². The highest BCUT2D eigenvalue weighted by molar-refractivity contribution is 6.31. The van der Waals surface area contributed by atoms with Gasteiger partial charge < -0.3 is 10.2 Å². The van der Waals surface area contributed by atoms with Crippen LogP contribution in [0.1, 0.15) is 51.0 Å². The van der Waals surface area contributed by atoms with E-state index in [1.54, 1.807) is 11.0 Å². The number of carbonyl (C=O) groups excluding carboxylic acids is 3. The van der Waals surface area contributed by atoms with Gasteiger partial charge in [-0.25, -0.2) is 9.18 Å². The first-order valence-electron chi connectivity index (χ1n) is 10.2. The lowest BCUT2D eigenvalue weighted by Gasteiger charge is -2.36. The summed E-state index contributed by atoms with van der Waals surface area (Å²) in [7, 11) is 0. The maximum absolute atomic E-state index is 14.2. The van der Waals surface area contributed by atoms with Crippen LogP contribution in [0.25, 0.3) is 0 Å². The molecule has 1 saturated heterocycles. The summed E-state index contributed by atoms with van der Waals surface area (Å²) in [5, 5.41) is 3.12. The predicted octanol–water partition coefficient (Wildman–Crippen LogP) is 3.47. The Morgan fingerprint density at radius 2 is 2.07 bits per heavy atom. The first-order chi connectivity index (χ1) is 13.8. The van der Waals surface area contributed by atoms with E-state index in [0.717, 1.165) is 37.0 Å². The van der Waals surface area contributed by atoms with Crippen molar-refractivity contribution in [1.29, 1.82) is 0 Å². The average Bonchev–Trinajstić information content (AvgIpc) is 3.48. The minimum atomic E-state index is -0.894. The number of imide groups is 1. The van der Waals surface area contributed by atoms with Crippen molar-refractivity contribution in [3.8, 4) is 0 Å². The number of benzene rings is 1. The normalized spacial score (nSPS) is 26.7. The van der Waals surface area contributed by atoms with Gasteiger partial charge in [0.2, 0.25) is 5.91 Å². The number of amides is 4. The molecule has 0 bridgehead atoms. The van der Waals surface area contributed by atoms with E-state index in [4.69, 9.17) is 11.6 Å². The Morgan fingerprint density at radius 1 is 1.31 bits per heavy atom. The Kier molecular flexibility index (Phi) is 5.27. The van der Waals surface area contributed by atoms with Crippen molar-refractivity contribution < 1.29 is 18.8 Å². The molecule has 3 fully saturated rings. The lowest BCUT2D eigenvalue weighted by atomic mass is 9.73. The summed E-state index contributed by atoms with van der Waals surface area (Å²) in [6, 6.07) is 3.88. The van der Waals surface area contributed by atoms with Crippen molar-refractivity contribution >= 4 is 29.4 Å². The molecule has 4 amide bonds. The second-order valence-corrected chi connectivity index (χ2v) is 8.80. The van der Waals surface area contributed by atoms with Crippen LogP contribution in [0.3, 0.4) is 0 Å². The van der Waals surface area contributed by atoms with E-state index < -0.39 is 17.4 Å². The van der Waals surface area contributed by atoms with E-state index in [2.05, 4.69) is 5.32 Å². The van der Waals surface area contributed by atoms with Gasteiger partial charge in [0.1, 0.15) is 17.9 Å². The minimum absolute atomic E-state index is 0.0125. The van der Waals surface area contributed by atoms with Gasteiger partial charge in [-0.2, -0.15) is 0 Å². The highest BCUT2D eigenvalue weighted by Crippen LogP contribution is 2.38. The number of rotatable bonds is 5. The molecule has 2 unspecified atom stereocenters. The SMILES string of the molecule is CC1CCCCC12NC(=O)N(CC(=O)N(Cc1c(F)cccc1Cl)C1CC1)C2=O. The summed E-state index contributed by atoms with van der Waals surface area (Å²) in [6.45, 7) is 1.67. The molecule has 2 atom stereocenters. The second kappa shape index (κ2) is 7.59. The third-order valence-corrected chi connectivity index (χ3v) is 6.85. The van der Waals surface area contributed by atoms with Crippen molar-refractivity contribution in [3.05, 3.63) is 34.6 Å². The van der Waals surface area contributed by atoms with Gasteiger partial charge in [0.25, 0.3) is 5.91 Å². The molecule has 1 aromatic carbocycles. The summed E-state index contributed by atoms with van der Waals surface area (Å²) < 4.78 is 14.2. The number of hydrogen-bond donors (Lipinski definition) is 1.